The number of aromatic nitrogens is 1. The van der Waals surface area contributed by atoms with Gasteiger partial charge in [-0.05, 0) is 23.6 Å². The van der Waals surface area contributed by atoms with Crippen LogP contribution in [-0.2, 0) is 15.6 Å². The summed E-state index contributed by atoms with van der Waals surface area (Å²) >= 11 is 0. The largest absolute Gasteiger partial charge is 0.508 e. The second-order valence-corrected chi connectivity index (χ2v) is 5.78. The van der Waals surface area contributed by atoms with Gasteiger partial charge in [0.15, 0.2) is 9.84 Å². The average molecular weight is 225 g/mol. The molecule has 1 aromatic carbocycles. The van der Waals surface area contributed by atoms with Crippen LogP contribution in [0.25, 0.3) is 10.9 Å². The standard InChI is InChI=1S/C10H11NO3S/c1-15(13,14)6-8-4-7-2-3-9(12)5-10(7)11-8/h2-5,11-12H,6H2,1H3. The van der Waals surface area contributed by atoms with Crippen molar-refractivity contribution in [2.75, 3.05) is 6.26 Å². The molecular weight excluding hydrogens is 214 g/mol. The summed E-state index contributed by atoms with van der Waals surface area (Å²) in [7, 11) is -3.03. The topological polar surface area (TPSA) is 70.2 Å². The minimum absolute atomic E-state index is 0.0115. The van der Waals surface area contributed by atoms with Crippen LogP contribution in [0.1, 0.15) is 5.69 Å². The zero-order chi connectivity index (χ0) is 11.1. The van der Waals surface area contributed by atoms with Crippen molar-refractivity contribution < 1.29 is 13.5 Å². The third-order valence-corrected chi connectivity index (χ3v) is 2.91. The Morgan fingerprint density at radius 2 is 2.07 bits per heavy atom. The first-order valence-corrected chi connectivity index (χ1v) is 6.48. The van der Waals surface area contributed by atoms with E-state index in [0.717, 1.165) is 10.9 Å². The monoisotopic (exact) mass is 225 g/mol. The summed E-state index contributed by atoms with van der Waals surface area (Å²) in [5, 5.41) is 10.1. The van der Waals surface area contributed by atoms with Crippen molar-refractivity contribution in [1.82, 2.24) is 4.98 Å². The Labute approximate surface area is 87.5 Å². The van der Waals surface area contributed by atoms with Gasteiger partial charge < -0.3 is 10.1 Å². The quantitative estimate of drug-likeness (QED) is 0.812. The van der Waals surface area contributed by atoms with Gasteiger partial charge in [0.2, 0.25) is 0 Å². The molecule has 1 aromatic heterocycles. The van der Waals surface area contributed by atoms with Crippen molar-refractivity contribution in [2.24, 2.45) is 0 Å². The first-order chi connectivity index (χ1) is 6.94. The van der Waals surface area contributed by atoms with Gasteiger partial charge in [-0.3, -0.25) is 0 Å². The molecule has 15 heavy (non-hydrogen) atoms. The molecule has 0 saturated carbocycles. The molecule has 0 fully saturated rings. The van der Waals surface area contributed by atoms with Gasteiger partial charge in [-0.15, -0.1) is 0 Å². The van der Waals surface area contributed by atoms with Gasteiger partial charge in [0, 0.05) is 23.5 Å². The third-order valence-electron chi connectivity index (χ3n) is 2.08. The van der Waals surface area contributed by atoms with Crippen LogP contribution in [0.2, 0.25) is 0 Å². The maximum absolute atomic E-state index is 11.1. The Morgan fingerprint density at radius 3 is 2.73 bits per heavy atom. The Morgan fingerprint density at radius 1 is 1.33 bits per heavy atom. The maximum atomic E-state index is 11.1. The molecule has 0 amide bonds. The van der Waals surface area contributed by atoms with Gasteiger partial charge in [-0.25, -0.2) is 8.42 Å². The number of phenolic OH excluding ortho intramolecular Hbond substituents is 1. The van der Waals surface area contributed by atoms with Crippen LogP contribution in [0.15, 0.2) is 24.3 Å². The maximum Gasteiger partial charge on any atom is 0.153 e. The van der Waals surface area contributed by atoms with E-state index in [2.05, 4.69) is 4.98 Å². The average Bonchev–Trinajstić information content (AvgIpc) is 2.42. The summed E-state index contributed by atoms with van der Waals surface area (Å²) in [6.07, 6.45) is 1.19. The number of benzene rings is 1. The number of hydrogen-bond donors (Lipinski definition) is 2. The van der Waals surface area contributed by atoms with E-state index >= 15 is 0 Å². The number of fused-ring (bicyclic) bond motifs is 1. The molecule has 0 unspecified atom stereocenters. The van der Waals surface area contributed by atoms with Gasteiger partial charge in [0.05, 0.1) is 5.75 Å². The minimum Gasteiger partial charge on any atom is -0.508 e. The Kier molecular flexibility index (Phi) is 2.19. The number of nitrogens with one attached hydrogen (secondary N) is 1. The van der Waals surface area contributed by atoms with E-state index in [9.17, 15) is 13.5 Å². The number of hydrogen-bond acceptors (Lipinski definition) is 3. The molecule has 0 aliphatic rings. The fraction of sp³-hybridized carbons (Fsp3) is 0.200. The molecule has 1 heterocycles. The Balaban J connectivity index is 2.48. The normalized spacial score (nSPS) is 12.1. The molecule has 80 valence electrons. The van der Waals surface area contributed by atoms with Crippen molar-refractivity contribution in [1.29, 1.82) is 0 Å². The SMILES string of the molecule is CS(=O)(=O)Cc1cc2ccc(O)cc2[nH]1. The predicted octanol–water partition coefficient (Wildman–Crippen LogP) is 1.42. The molecular formula is C10H11NO3S. The highest BCUT2D eigenvalue weighted by molar-refractivity contribution is 7.89. The molecule has 0 aliphatic carbocycles. The smallest absolute Gasteiger partial charge is 0.153 e. The number of aromatic hydroxyl groups is 1. The highest BCUT2D eigenvalue weighted by Gasteiger charge is 2.07. The third kappa shape index (κ3) is 2.30. The Hall–Kier alpha value is -1.49. The van der Waals surface area contributed by atoms with Crippen LogP contribution in [0.4, 0.5) is 0 Å². The zero-order valence-corrected chi connectivity index (χ0v) is 9.00. The van der Waals surface area contributed by atoms with Gasteiger partial charge in [0.1, 0.15) is 5.75 Å². The number of phenols is 1. The fourth-order valence-corrected chi connectivity index (χ4v) is 2.26. The van der Waals surface area contributed by atoms with Crippen molar-refractivity contribution >= 4 is 20.7 Å². The van der Waals surface area contributed by atoms with Crippen molar-refractivity contribution in [3.63, 3.8) is 0 Å². The lowest BCUT2D eigenvalue weighted by molar-refractivity contribution is 0.476. The molecule has 0 bridgehead atoms. The van der Waals surface area contributed by atoms with Crippen LogP contribution < -0.4 is 0 Å². The zero-order valence-electron chi connectivity index (χ0n) is 8.19. The second kappa shape index (κ2) is 3.27. The van der Waals surface area contributed by atoms with Crippen molar-refractivity contribution in [3.8, 4) is 5.75 Å². The Bertz CT molecular complexity index is 598. The van der Waals surface area contributed by atoms with Gasteiger partial charge in [0.25, 0.3) is 0 Å². The van der Waals surface area contributed by atoms with Gasteiger partial charge >= 0.3 is 0 Å². The molecule has 2 aromatic rings. The number of H-pyrrole nitrogens is 1. The van der Waals surface area contributed by atoms with Crippen LogP contribution >= 0.6 is 0 Å². The lowest BCUT2D eigenvalue weighted by Crippen LogP contribution is -2.00. The summed E-state index contributed by atoms with van der Waals surface area (Å²) in [5.74, 6) is 0.151. The lowest BCUT2D eigenvalue weighted by atomic mass is 10.2. The molecule has 0 spiro atoms. The van der Waals surface area contributed by atoms with E-state index in [0.29, 0.717) is 5.69 Å². The van der Waals surface area contributed by atoms with E-state index in [1.807, 2.05) is 0 Å². The number of aromatic amines is 1. The van der Waals surface area contributed by atoms with Crippen LogP contribution in [-0.4, -0.2) is 24.8 Å². The molecule has 4 nitrogen and oxygen atoms in total. The van der Waals surface area contributed by atoms with E-state index in [1.165, 1.54) is 6.26 Å². The molecule has 5 heteroatoms. The van der Waals surface area contributed by atoms with Crippen LogP contribution in [0.5, 0.6) is 5.75 Å². The molecule has 0 radical (unpaired) electrons. The lowest BCUT2D eigenvalue weighted by Gasteiger charge is -1.93. The molecule has 2 rings (SSSR count). The highest BCUT2D eigenvalue weighted by atomic mass is 32.2. The summed E-state index contributed by atoms with van der Waals surface area (Å²) in [4.78, 5) is 2.95. The first kappa shape index (κ1) is 10.0. The van der Waals surface area contributed by atoms with Crippen molar-refractivity contribution in [2.45, 2.75) is 5.75 Å². The summed E-state index contributed by atoms with van der Waals surface area (Å²) < 4.78 is 22.2. The molecule has 0 saturated heterocycles. The van der Waals surface area contributed by atoms with E-state index in [1.54, 1.807) is 24.3 Å². The minimum atomic E-state index is -3.03. The van der Waals surface area contributed by atoms with Crippen LogP contribution in [0.3, 0.4) is 0 Å². The van der Waals surface area contributed by atoms with E-state index in [4.69, 9.17) is 0 Å². The second-order valence-electron chi connectivity index (χ2n) is 3.64. The predicted molar refractivity (Wildman–Crippen MR) is 58.5 cm³/mol. The number of rotatable bonds is 2. The summed E-state index contributed by atoms with van der Waals surface area (Å²) in [5.41, 5.74) is 1.38. The number of sulfone groups is 1. The van der Waals surface area contributed by atoms with E-state index < -0.39 is 9.84 Å². The molecule has 0 aliphatic heterocycles. The molecule has 2 N–H and O–H groups in total. The van der Waals surface area contributed by atoms with Gasteiger partial charge in [-0.1, -0.05) is 0 Å². The van der Waals surface area contributed by atoms with E-state index in [-0.39, 0.29) is 11.5 Å². The highest BCUT2D eigenvalue weighted by Crippen LogP contribution is 2.21. The molecule has 0 atom stereocenters. The summed E-state index contributed by atoms with van der Waals surface area (Å²) in [6, 6.07) is 6.66. The van der Waals surface area contributed by atoms with Crippen LogP contribution in [0, 0.1) is 0 Å². The first-order valence-electron chi connectivity index (χ1n) is 4.42. The van der Waals surface area contributed by atoms with Gasteiger partial charge in [-0.2, -0.15) is 0 Å². The fourth-order valence-electron chi connectivity index (χ4n) is 1.54. The van der Waals surface area contributed by atoms with Crippen molar-refractivity contribution in [3.05, 3.63) is 30.0 Å². The summed E-state index contributed by atoms with van der Waals surface area (Å²) in [6.45, 7) is 0.